The van der Waals surface area contributed by atoms with Gasteiger partial charge in [-0.1, -0.05) is 27.7 Å². The Labute approximate surface area is 95.8 Å². The number of hydrogen-bond donors (Lipinski definition) is 1. The lowest BCUT2D eigenvalue weighted by Gasteiger charge is -2.08. The molecule has 0 aromatic carbocycles. The van der Waals surface area contributed by atoms with Crippen molar-refractivity contribution >= 4 is 0 Å². The van der Waals surface area contributed by atoms with Crippen molar-refractivity contribution in [1.29, 1.82) is 0 Å². The molecule has 0 aromatic heterocycles. The summed E-state index contributed by atoms with van der Waals surface area (Å²) in [4.78, 5) is 0. The van der Waals surface area contributed by atoms with Crippen LogP contribution in [0.4, 0.5) is 0 Å². The Kier molecular flexibility index (Phi) is 10.4. The molecular weight excluding hydrogens is 186 g/mol. The summed E-state index contributed by atoms with van der Waals surface area (Å²) in [5.74, 6) is 1.60. The first-order valence-corrected chi connectivity index (χ1v) is 6.41. The first-order chi connectivity index (χ1) is 7.13. The second-order valence-corrected chi connectivity index (χ2v) is 5.08. The molecule has 1 N–H and O–H groups in total. The summed E-state index contributed by atoms with van der Waals surface area (Å²) in [6.45, 7) is 12.9. The van der Waals surface area contributed by atoms with E-state index in [2.05, 4.69) is 33.0 Å². The normalized spacial score (nSPS) is 11.6. The minimum atomic E-state index is 0.796. The number of ether oxygens (including phenoxy) is 1. The van der Waals surface area contributed by atoms with Gasteiger partial charge in [0.05, 0.1) is 6.61 Å². The van der Waals surface area contributed by atoms with E-state index >= 15 is 0 Å². The van der Waals surface area contributed by atoms with Crippen LogP contribution in [-0.4, -0.2) is 26.3 Å². The van der Waals surface area contributed by atoms with Crippen LogP contribution in [0.1, 0.15) is 47.0 Å². The van der Waals surface area contributed by atoms with E-state index in [4.69, 9.17) is 4.74 Å². The second-order valence-electron chi connectivity index (χ2n) is 5.08. The molecule has 0 rings (SSSR count). The van der Waals surface area contributed by atoms with Gasteiger partial charge in [0.25, 0.3) is 0 Å². The van der Waals surface area contributed by atoms with Gasteiger partial charge >= 0.3 is 0 Å². The zero-order chi connectivity index (χ0) is 11.5. The number of hydrogen-bond acceptors (Lipinski definition) is 2. The topological polar surface area (TPSA) is 21.3 Å². The number of nitrogens with one attached hydrogen (secondary N) is 1. The minimum absolute atomic E-state index is 0.796. The van der Waals surface area contributed by atoms with Crippen molar-refractivity contribution in [3.63, 3.8) is 0 Å². The summed E-state index contributed by atoms with van der Waals surface area (Å²) in [7, 11) is 0. The average Bonchev–Trinajstić information content (AvgIpc) is 2.14. The van der Waals surface area contributed by atoms with Gasteiger partial charge in [0.1, 0.15) is 0 Å². The highest BCUT2D eigenvalue weighted by Crippen LogP contribution is 2.02. The van der Waals surface area contributed by atoms with Gasteiger partial charge in [-0.15, -0.1) is 0 Å². The van der Waals surface area contributed by atoms with Crippen LogP contribution >= 0.6 is 0 Å². The predicted molar refractivity (Wildman–Crippen MR) is 67.2 cm³/mol. The van der Waals surface area contributed by atoms with Crippen LogP contribution in [0.15, 0.2) is 0 Å². The molecule has 0 spiro atoms. The quantitative estimate of drug-likeness (QED) is 0.565. The lowest BCUT2D eigenvalue weighted by atomic mass is 10.1. The Morgan fingerprint density at radius 2 is 1.53 bits per heavy atom. The van der Waals surface area contributed by atoms with Gasteiger partial charge in [0.2, 0.25) is 0 Å². The van der Waals surface area contributed by atoms with Gasteiger partial charge in [-0.05, 0) is 37.6 Å². The monoisotopic (exact) mass is 215 g/mol. The zero-order valence-corrected chi connectivity index (χ0v) is 11.0. The van der Waals surface area contributed by atoms with E-state index in [1.54, 1.807) is 0 Å². The fraction of sp³-hybridized carbons (Fsp3) is 1.00. The maximum Gasteiger partial charge on any atom is 0.0590 e. The second kappa shape index (κ2) is 10.4. The third-order valence-corrected chi connectivity index (χ3v) is 2.39. The van der Waals surface area contributed by atoms with Crippen LogP contribution in [0.3, 0.4) is 0 Å². The summed E-state index contributed by atoms with van der Waals surface area (Å²) in [5, 5.41) is 3.39. The Morgan fingerprint density at radius 3 is 2.13 bits per heavy atom. The Balaban J connectivity index is 2.93. The lowest BCUT2D eigenvalue weighted by Crippen LogP contribution is -2.22. The van der Waals surface area contributed by atoms with E-state index in [1.165, 1.54) is 19.3 Å². The molecule has 92 valence electrons. The third-order valence-electron chi connectivity index (χ3n) is 2.39. The molecule has 0 unspecified atom stereocenters. The van der Waals surface area contributed by atoms with Crippen molar-refractivity contribution in [1.82, 2.24) is 5.32 Å². The van der Waals surface area contributed by atoms with Crippen LogP contribution in [-0.2, 0) is 4.74 Å². The Morgan fingerprint density at radius 1 is 0.867 bits per heavy atom. The maximum absolute atomic E-state index is 5.53. The van der Waals surface area contributed by atoms with E-state index in [0.29, 0.717) is 0 Å². The molecule has 0 atom stereocenters. The van der Waals surface area contributed by atoms with Gasteiger partial charge in [0, 0.05) is 13.2 Å². The zero-order valence-electron chi connectivity index (χ0n) is 11.0. The predicted octanol–water partition coefficient (Wildman–Crippen LogP) is 3.07. The fourth-order valence-electron chi connectivity index (χ4n) is 1.36. The number of rotatable bonds is 10. The molecule has 0 aliphatic heterocycles. The van der Waals surface area contributed by atoms with E-state index < -0.39 is 0 Å². The molecule has 2 nitrogen and oxygen atoms in total. The van der Waals surface area contributed by atoms with Crippen LogP contribution in [0.25, 0.3) is 0 Å². The van der Waals surface area contributed by atoms with Crippen LogP contribution in [0, 0.1) is 11.8 Å². The summed E-state index contributed by atoms with van der Waals surface area (Å²) >= 11 is 0. The first-order valence-electron chi connectivity index (χ1n) is 6.41. The molecule has 0 saturated heterocycles. The van der Waals surface area contributed by atoms with Gasteiger partial charge in [-0.25, -0.2) is 0 Å². The summed E-state index contributed by atoms with van der Waals surface area (Å²) in [6.07, 6.45) is 3.73. The Hall–Kier alpha value is -0.0800. The van der Waals surface area contributed by atoms with Gasteiger partial charge in [-0.3, -0.25) is 0 Å². The smallest absolute Gasteiger partial charge is 0.0590 e. The molecule has 0 radical (unpaired) electrons. The molecule has 2 heteroatoms. The summed E-state index contributed by atoms with van der Waals surface area (Å²) in [6, 6.07) is 0. The van der Waals surface area contributed by atoms with Crippen LogP contribution in [0.2, 0.25) is 0 Å². The molecular formula is C13H29NO. The molecule has 0 fully saturated rings. The highest BCUT2D eigenvalue weighted by Gasteiger charge is 1.95. The van der Waals surface area contributed by atoms with Gasteiger partial charge in [-0.2, -0.15) is 0 Å². The van der Waals surface area contributed by atoms with Crippen molar-refractivity contribution in [2.75, 3.05) is 26.3 Å². The minimum Gasteiger partial charge on any atom is -0.380 e. The molecule has 0 bridgehead atoms. The molecule has 0 aliphatic carbocycles. The fourth-order valence-corrected chi connectivity index (χ4v) is 1.36. The standard InChI is InChI=1S/C13H29NO/c1-12(2)6-5-10-15-11-9-14-8-7-13(3)4/h12-14H,5-11H2,1-4H3. The van der Waals surface area contributed by atoms with Crippen molar-refractivity contribution in [3.8, 4) is 0 Å². The SMILES string of the molecule is CC(C)CCCOCCNCCC(C)C. The van der Waals surface area contributed by atoms with Gasteiger partial charge in [0.15, 0.2) is 0 Å². The molecule has 0 aromatic rings. The Bertz CT molecular complexity index is 110. The average molecular weight is 215 g/mol. The van der Waals surface area contributed by atoms with Crippen LogP contribution < -0.4 is 5.32 Å². The van der Waals surface area contributed by atoms with Crippen molar-refractivity contribution in [2.45, 2.75) is 47.0 Å². The maximum atomic E-state index is 5.53. The molecule has 0 heterocycles. The lowest BCUT2D eigenvalue weighted by molar-refractivity contribution is 0.129. The molecule has 0 saturated carbocycles. The van der Waals surface area contributed by atoms with Crippen molar-refractivity contribution in [3.05, 3.63) is 0 Å². The van der Waals surface area contributed by atoms with E-state index in [1.807, 2.05) is 0 Å². The van der Waals surface area contributed by atoms with Crippen molar-refractivity contribution < 1.29 is 4.74 Å². The summed E-state index contributed by atoms with van der Waals surface area (Å²) < 4.78 is 5.53. The first kappa shape index (κ1) is 14.9. The highest BCUT2D eigenvalue weighted by atomic mass is 16.5. The van der Waals surface area contributed by atoms with Crippen LogP contribution in [0.5, 0.6) is 0 Å². The third kappa shape index (κ3) is 13.9. The van der Waals surface area contributed by atoms with Gasteiger partial charge < -0.3 is 10.1 Å². The largest absolute Gasteiger partial charge is 0.380 e. The van der Waals surface area contributed by atoms with Crippen molar-refractivity contribution in [2.24, 2.45) is 11.8 Å². The molecule has 0 amide bonds. The highest BCUT2D eigenvalue weighted by molar-refractivity contribution is 4.50. The van der Waals surface area contributed by atoms with E-state index in [-0.39, 0.29) is 0 Å². The molecule has 0 aliphatic rings. The van der Waals surface area contributed by atoms with E-state index in [9.17, 15) is 0 Å². The molecule has 15 heavy (non-hydrogen) atoms. The summed E-state index contributed by atoms with van der Waals surface area (Å²) in [5.41, 5.74) is 0. The van der Waals surface area contributed by atoms with E-state index in [0.717, 1.165) is 38.1 Å².